The van der Waals surface area contributed by atoms with Gasteiger partial charge >= 0.3 is 0 Å². The molecule has 0 aromatic heterocycles. The molecule has 1 rings (SSSR count). The maximum Gasteiger partial charge on any atom is 0.260 e. The van der Waals surface area contributed by atoms with Gasteiger partial charge in [-0.05, 0) is 44.5 Å². The van der Waals surface area contributed by atoms with Gasteiger partial charge < -0.3 is 10.1 Å². The Morgan fingerprint density at radius 2 is 2.25 bits per heavy atom. The van der Waals surface area contributed by atoms with Crippen molar-refractivity contribution in [1.29, 1.82) is 0 Å². The highest BCUT2D eigenvalue weighted by atomic mass is 35.5. The lowest BCUT2D eigenvalue weighted by Crippen LogP contribution is -2.36. The first-order valence-corrected chi connectivity index (χ1v) is 5.63. The van der Waals surface area contributed by atoms with Gasteiger partial charge in [0.15, 0.2) is 6.10 Å². The van der Waals surface area contributed by atoms with Crippen LogP contribution in [0.25, 0.3) is 0 Å². The lowest BCUT2D eigenvalue weighted by molar-refractivity contribution is -0.127. The van der Waals surface area contributed by atoms with Crippen LogP contribution in [0.1, 0.15) is 19.4 Å². The second kappa shape index (κ2) is 5.75. The predicted octanol–water partition coefficient (Wildman–Crippen LogP) is 2.55. The van der Waals surface area contributed by atoms with Crippen molar-refractivity contribution >= 4 is 17.5 Å². The molecule has 4 heteroatoms. The summed E-state index contributed by atoms with van der Waals surface area (Å²) in [5.74, 6) is 0.569. The van der Waals surface area contributed by atoms with Crippen LogP contribution in [0.4, 0.5) is 0 Å². The Kier molecular flexibility index (Phi) is 4.62. The Morgan fingerprint density at radius 1 is 1.56 bits per heavy atom. The lowest BCUT2D eigenvalue weighted by atomic mass is 10.2. The Balaban J connectivity index is 2.69. The zero-order valence-corrected chi connectivity index (χ0v) is 10.5. The predicted molar refractivity (Wildman–Crippen MR) is 65.0 cm³/mol. The van der Waals surface area contributed by atoms with E-state index in [4.69, 9.17) is 16.3 Å². The van der Waals surface area contributed by atoms with Gasteiger partial charge in [-0.2, -0.15) is 0 Å². The van der Waals surface area contributed by atoms with Gasteiger partial charge in [-0.3, -0.25) is 4.79 Å². The molecule has 0 aliphatic heterocycles. The van der Waals surface area contributed by atoms with Gasteiger partial charge in [0.2, 0.25) is 0 Å². The number of benzene rings is 1. The van der Waals surface area contributed by atoms with E-state index in [0.717, 1.165) is 5.56 Å². The zero-order valence-electron chi connectivity index (χ0n) is 9.71. The summed E-state index contributed by atoms with van der Waals surface area (Å²) >= 11 is 5.83. The topological polar surface area (TPSA) is 38.3 Å². The van der Waals surface area contributed by atoms with Crippen molar-refractivity contribution in [2.75, 3.05) is 6.54 Å². The summed E-state index contributed by atoms with van der Waals surface area (Å²) in [5.41, 5.74) is 0.920. The van der Waals surface area contributed by atoms with E-state index in [9.17, 15) is 4.79 Å². The van der Waals surface area contributed by atoms with Crippen LogP contribution in [0.5, 0.6) is 5.75 Å². The summed E-state index contributed by atoms with van der Waals surface area (Å²) in [5, 5.41) is 3.37. The van der Waals surface area contributed by atoms with E-state index in [1.807, 2.05) is 13.8 Å². The molecule has 0 heterocycles. The maximum absolute atomic E-state index is 11.5. The highest BCUT2D eigenvalue weighted by Gasteiger charge is 2.14. The van der Waals surface area contributed by atoms with E-state index < -0.39 is 6.10 Å². The van der Waals surface area contributed by atoms with Gasteiger partial charge in [-0.15, -0.1) is 0 Å². The number of rotatable bonds is 4. The largest absolute Gasteiger partial charge is 0.481 e. The van der Waals surface area contributed by atoms with Crippen LogP contribution in [-0.2, 0) is 4.79 Å². The SMILES string of the molecule is CCNC(=O)[C@H](C)Oc1ccc(Cl)cc1C. The summed E-state index contributed by atoms with van der Waals surface area (Å²) in [6.45, 7) is 6.09. The summed E-state index contributed by atoms with van der Waals surface area (Å²) in [4.78, 5) is 11.5. The van der Waals surface area contributed by atoms with Crippen LogP contribution < -0.4 is 10.1 Å². The molecule has 0 radical (unpaired) electrons. The van der Waals surface area contributed by atoms with Gasteiger partial charge in [-0.25, -0.2) is 0 Å². The van der Waals surface area contributed by atoms with Gasteiger partial charge in [0, 0.05) is 11.6 Å². The van der Waals surface area contributed by atoms with Crippen LogP contribution in [0.2, 0.25) is 5.02 Å². The molecule has 0 aliphatic carbocycles. The van der Waals surface area contributed by atoms with Gasteiger partial charge in [0.05, 0.1) is 0 Å². The Hall–Kier alpha value is -1.22. The normalized spacial score (nSPS) is 12.0. The molecule has 0 fully saturated rings. The molecule has 1 aromatic carbocycles. The number of hydrogen-bond donors (Lipinski definition) is 1. The Bertz CT molecular complexity index is 379. The fraction of sp³-hybridized carbons (Fsp3) is 0.417. The van der Waals surface area contributed by atoms with Gasteiger partial charge in [0.25, 0.3) is 5.91 Å². The smallest absolute Gasteiger partial charge is 0.260 e. The summed E-state index contributed by atoms with van der Waals surface area (Å²) < 4.78 is 5.54. The van der Waals surface area contributed by atoms with Crippen LogP contribution >= 0.6 is 11.6 Å². The first-order chi connectivity index (χ1) is 7.54. The number of aryl methyl sites for hydroxylation is 1. The minimum absolute atomic E-state index is 0.114. The van der Waals surface area contributed by atoms with E-state index in [1.165, 1.54) is 0 Å². The number of ether oxygens (including phenoxy) is 1. The molecule has 1 N–H and O–H groups in total. The van der Waals surface area contributed by atoms with E-state index >= 15 is 0 Å². The molecule has 0 spiro atoms. The first-order valence-electron chi connectivity index (χ1n) is 5.25. The minimum atomic E-state index is -0.500. The molecule has 1 aromatic rings. The van der Waals surface area contributed by atoms with Crippen LogP contribution in [0, 0.1) is 6.92 Å². The Labute approximate surface area is 101 Å². The number of hydrogen-bond acceptors (Lipinski definition) is 2. The van der Waals surface area contributed by atoms with Gasteiger partial charge in [-0.1, -0.05) is 11.6 Å². The third kappa shape index (κ3) is 3.42. The molecule has 16 heavy (non-hydrogen) atoms. The van der Waals surface area contributed by atoms with Crippen molar-refractivity contribution in [2.45, 2.75) is 26.9 Å². The molecule has 3 nitrogen and oxygen atoms in total. The fourth-order valence-electron chi connectivity index (χ4n) is 1.31. The van der Waals surface area contributed by atoms with E-state index in [0.29, 0.717) is 17.3 Å². The quantitative estimate of drug-likeness (QED) is 0.880. The fourth-order valence-corrected chi connectivity index (χ4v) is 1.53. The number of halogens is 1. The molecule has 0 aliphatic rings. The highest BCUT2D eigenvalue weighted by molar-refractivity contribution is 6.30. The minimum Gasteiger partial charge on any atom is -0.481 e. The van der Waals surface area contributed by atoms with E-state index in [2.05, 4.69) is 5.32 Å². The van der Waals surface area contributed by atoms with Crippen molar-refractivity contribution in [3.63, 3.8) is 0 Å². The van der Waals surface area contributed by atoms with Crippen LogP contribution in [-0.4, -0.2) is 18.6 Å². The van der Waals surface area contributed by atoms with Crippen molar-refractivity contribution in [1.82, 2.24) is 5.32 Å². The van der Waals surface area contributed by atoms with E-state index in [-0.39, 0.29) is 5.91 Å². The Morgan fingerprint density at radius 3 is 2.81 bits per heavy atom. The van der Waals surface area contributed by atoms with Crippen molar-refractivity contribution < 1.29 is 9.53 Å². The first kappa shape index (κ1) is 12.8. The molecule has 1 atom stereocenters. The molecular formula is C12H16ClNO2. The van der Waals surface area contributed by atoms with Crippen molar-refractivity contribution in [3.05, 3.63) is 28.8 Å². The molecule has 0 saturated heterocycles. The average molecular weight is 242 g/mol. The molecule has 88 valence electrons. The number of carbonyl (C=O) groups excluding carboxylic acids is 1. The third-order valence-electron chi connectivity index (χ3n) is 2.16. The monoisotopic (exact) mass is 241 g/mol. The maximum atomic E-state index is 11.5. The molecule has 0 saturated carbocycles. The molecular weight excluding hydrogens is 226 g/mol. The number of nitrogens with one attached hydrogen (secondary N) is 1. The molecule has 0 bridgehead atoms. The van der Waals surface area contributed by atoms with Crippen molar-refractivity contribution in [2.24, 2.45) is 0 Å². The van der Waals surface area contributed by atoms with Crippen LogP contribution in [0.3, 0.4) is 0 Å². The second-order valence-electron chi connectivity index (χ2n) is 3.56. The van der Waals surface area contributed by atoms with E-state index in [1.54, 1.807) is 25.1 Å². The summed E-state index contributed by atoms with van der Waals surface area (Å²) in [6, 6.07) is 5.32. The zero-order chi connectivity index (χ0) is 12.1. The average Bonchev–Trinajstić information content (AvgIpc) is 2.22. The standard InChI is InChI=1S/C12H16ClNO2/c1-4-14-12(15)9(3)16-11-6-5-10(13)7-8(11)2/h5-7,9H,4H2,1-3H3,(H,14,15)/t9-/m0/s1. The number of amides is 1. The lowest BCUT2D eigenvalue weighted by Gasteiger charge is -2.15. The third-order valence-corrected chi connectivity index (χ3v) is 2.40. The summed E-state index contributed by atoms with van der Waals surface area (Å²) in [6.07, 6.45) is -0.500. The van der Waals surface area contributed by atoms with Gasteiger partial charge in [0.1, 0.15) is 5.75 Å². The molecule has 1 amide bonds. The summed E-state index contributed by atoms with van der Waals surface area (Å²) in [7, 11) is 0. The highest BCUT2D eigenvalue weighted by Crippen LogP contribution is 2.22. The number of likely N-dealkylation sites (N-methyl/N-ethyl adjacent to an activating group) is 1. The molecule has 0 unspecified atom stereocenters. The number of carbonyl (C=O) groups is 1. The van der Waals surface area contributed by atoms with Crippen LogP contribution in [0.15, 0.2) is 18.2 Å². The van der Waals surface area contributed by atoms with Crippen molar-refractivity contribution in [3.8, 4) is 5.75 Å². The second-order valence-corrected chi connectivity index (χ2v) is 4.00.